The summed E-state index contributed by atoms with van der Waals surface area (Å²) in [4.78, 5) is 28.3. The monoisotopic (exact) mass is 386 g/mol. The maximum atomic E-state index is 12.7. The molecule has 2 amide bonds. The van der Waals surface area contributed by atoms with E-state index in [4.69, 9.17) is 16.3 Å². The first-order valence-corrected chi connectivity index (χ1v) is 9.33. The predicted octanol–water partition coefficient (Wildman–Crippen LogP) is 3.32. The van der Waals surface area contributed by atoms with Crippen molar-refractivity contribution in [3.8, 4) is 5.75 Å². The Hall–Kier alpha value is -2.53. The molecule has 1 aliphatic rings. The summed E-state index contributed by atoms with van der Waals surface area (Å²) in [5.74, 6) is 0.261. The Bertz CT molecular complexity index is 822. The van der Waals surface area contributed by atoms with Gasteiger partial charge in [0.05, 0.1) is 12.6 Å². The molecule has 3 rings (SSSR count). The molecule has 5 nitrogen and oxygen atoms in total. The van der Waals surface area contributed by atoms with Gasteiger partial charge in [-0.25, -0.2) is 0 Å². The fourth-order valence-corrected chi connectivity index (χ4v) is 3.41. The van der Waals surface area contributed by atoms with Crippen molar-refractivity contribution in [3.63, 3.8) is 0 Å². The van der Waals surface area contributed by atoms with Gasteiger partial charge in [0.15, 0.2) is 6.61 Å². The molecule has 0 radical (unpaired) electrons. The standard InChI is InChI=1S/C21H23ClN2O3/c1-15-19-6-4-3-5-16(19)11-12-24(15)20(25)13-23(2)21(26)14-27-18-9-7-17(22)8-10-18/h3-10,15H,11-14H2,1-2H3. The van der Waals surface area contributed by atoms with Gasteiger partial charge in [0.25, 0.3) is 5.91 Å². The van der Waals surface area contributed by atoms with Gasteiger partial charge in [0.2, 0.25) is 5.91 Å². The molecule has 2 aromatic carbocycles. The highest BCUT2D eigenvalue weighted by Gasteiger charge is 2.28. The fraction of sp³-hybridized carbons (Fsp3) is 0.333. The number of rotatable bonds is 5. The highest BCUT2D eigenvalue weighted by Crippen LogP contribution is 2.29. The van der Waals surface area contributed by atoms with Crippen LogP contribution in [0.4, 0.5) is 0 Å². The third-order valence-corrected chi connectivity index (χ3v) is 5.14. The molecule has 1 unspecified atom stereocenters. The van der Waals surface area contributed by atoms with Crippen molar-refractivity contribution < 1.29 is 14.3 Å². The van der Waals surface area contributed by atoms with E-state index in [-0.39, 0.29) is 31.0 Å². The molecule has 2 aromatic rings. The number of hydrogen-bond acceptors (Lipinski definition) is 3. The summed E-state index contributed by atoms with van der Waals surface area (Å²) < 4.78 is 5.46. The Kier molecular flexibility index (Phi) is 6.01. The second-order valence-electron chi connectivity index (χ2n) is 6.70. The number of hydrogen-bond donors (Lipinski definition) is 0. The first kappa shape index (κ1) is 19.2. The second-order valence-corrected chi connectivity index (χ2v) is 7.14. The van der Waals surface area contributed by atoms with Crippen LogP contribution >= 0.6 is 11.6 Å². The van der Waals surface area contributed by atoms with Crippen LogP contribution in [0.1, 0.15) is 24.1 Å². The molecule has 1 atom stereocenters. The van der Waals surface area contributed by atoms with Crippen molar-refractivity contribution >= 4 is 23.4 Å². The van der Waals surface area contributed by atoms with Crippen LogP contribution in [0.5, 0.6) is 5.75 Å². The molecule has 0 aliphatic carbocycles. The molecular formula is C21H23ClN2O3. The molecule has 0 bridgehead atoms. The van der Waals surface area contributed by atoms with Gasteiger partial charge in [-0.15, -0.1) is 0 Å². The number of amides is 2. The lowest BCUT2D eigenvalue weighted by molar-refractivity contribution is -0.141. The highest BCUT2D eigenvalue weighted by molar-refractivity contribution is 6.30. The van der Waals surface area contributed by atoms with E-state index < -0.39 is 0 Å². The minimum Gasteiger partial charge on any atom is -0.484 e. The van der Waals surface area contributed by atoms with E-state index in [2.05, 4.69) is 12.1 Å². The summed E-state index contributed by atoms with van der Waals surface area (Å²) in [6.45, 7) is 2.61. The molecule has 1 aliphatic heterocycles. The minimum absolute atomic E-state index is 0.0104. The lowest BCUT2D eigenvalue weighted by Crippen LogP contribution is -2.45. The van der Waals surface area contributed by atoms with E-state index in [1.54, 1.807) is 31.3 Å². The van der Waals surface area contributed by atoms with E-state index in [0.29, 0.717) is 17.3 Å². The smallest absolute Gasteiger partial charge is 0.260 e. The summed E-state index contributed by atoms with van der Waals surface area (Å²) in [7, 11) is 1.62. The lowest BCUT2D eigenvalue weighted by atomic mass is 9.93. The third kappa shape index (κ3) is 4.61. The molecule has 0 saturated carbocycles. The molecule has 27 heavy (non-hydrogen) atoms. The van der Waals surface area contributed by atoms with E-state index >= 15 is 0 Å². The number of benzene rings is 2. The van der Waals surface area contributed by atoms with Crippen molar-refractivity contribution in [3.05, 3.63) is 64.7 Å². The molecule has 0 aromatic heterocycles. The van der Waals surface area contributed by atoms with Crippen LogP contribution < -0.4 is 4.74 Å². The molecule has 6 heteroatoms. The summed E-state index contributed by atoms with van der Waals surface area (Å²) in [6.07, 6.45) is 0.837. The molecule has 142 valence electrons. The number of fused-ring (bicyclic) bond motifs is 1. The van der Waals surface area contributed by atoms with Crippen LogP contribution in [0.2, 0.25) is 5.02 Å². The van der Waals surface area contributed by atoms with Crippen LogP contribution in [-0.4, -0.2) is 48.4 Å². The number of nitrogens with zero attached hydrogens (tertiary/aromatic N) is 2. The predicted molar refractivity (Wildman–Crippen MR) is 105 cm³/mol. The van der Waals surface area contributed by atoms with Crippen molar-refractivity contribution in [2.24, 2.45) is 0 Å². The van der Waals surface area contributed by atoms with Gasteiger partial charge in [0.1, 0.15) is 5.75 Å². The van der Waals surface area contributed by atoms with Crippen molar-refractivity contribution in [2.75, 3.05) is 26.7 Å². The zero-order valence-electron chi connectivity index (χ0n) is 15.5. The van der Waals surface area contributed by atoms with E-state index in [0.717, 1.165) is 6.42 Å². The number of carbonyl (C=O) groups is 2. The molecule has 0 fully saturated rings. The Morgan fingerprint density at radius 2 is 1.89 bits per heavy atom. The first-order chi connectivity index (χ1) is 13.0. The Morgan fingerprint density at radius 1 is 1.19 bits per heavy atom. The average molecular weight is 387 g/mol. The second kappa shape index (κ2) is 8.44. The van der Waals surface area contributed by atoms with Gasteiger partial charge in [-0.05, 0) is 48.7 Å². The SMILES string of the molecule is CC1c2ccccc2CCN1C(=O)CN(C)C(=O)COc1ccc(Cl)cc1. The van der Waals surface area contributed by atoms with Crippen LogP contribution in [-0.2, 0) is 16.0 Å². The number of halogens is 1. The third-order valence-electron chi connectivity index (χ3n) is 4.89. The summed E-state index contributed by atoms with van der Waals surface area (Å²) in [6, 6.07) is 15.0. The zero-order chi connectivity index (χ0) is 19.4. The largest absolute Gasteiger partial charge is 0.484 e. The summed E-state index contributed by atoms with van der Waals surface area (Å²) >= 11 is 5.83. The molecule has 1 heterocycles. The van der Waals surface area contributed by atoms with Gasteiger partial charge in [0, 0.05) is 18.6 Å². The normalized spacial score (nSPS) is 15.8. The van der Waals surface area contributed by atoms with E-state index in [1.165, 1.54) is 16.0 Å². The van der Waals surface area contributed by atoms with Gasteiger partial charge >= 0.3 is 0 Å². The van der Waals surface area contributed by atoms with Crippen molar-refractivity contribution in [1.29, 1.82) is 0 Å². The van der Waals surface area contributed by atoms with Crippen molar-refractivity contribution in [1.82, 2.24) is 9.80 Å². The number of ether oxygens (including phenoxy) is 1. The topological polar surface area (TPSA) is 49.9 Å². The lowest BCUT2D eigenvalue weighted by Gasteiger charge is -2.36. The quantitative estimate of drug-likeness (QED) is 0.792. The first-order valence-electron chi connectivity index (χ1n) is 8.95. The van der Waals surface area contributed by atoms with Crippen LogP contribution in [0.25, 0.3) is 0 Å². The van der Waals surface area contributed by atoms with Gasteiger partial charge < -0.3 is 14.5 Å². The van der Waals surface area contributed by atoms with Gasteiger partial charge in [-0.1, -0.05) is 35.9 Å². The zero-order valence-corrected chi connectivity index (χ0v) is 16.3. The fourth-order valence-electron chi connectivity index (χ4n) is 3.28. The molecule has 0 spiro atoms. The van der Waals surface area contributed by atoms with E-state index in [1.807, 2.05) is 24.0 Å². The van der Waals surface area contributed by atoms with Crippen LogP contribution in [0.15, 0.2) is 48.5 Å². The average Bonchev–Trinajstić information content (AvgIpc) is 2.67. The van der Waals surface area contributed by atoms with E-state index in [9.17, 15) is 9.59 Å². The van der Waals surface area contributed by atoms with Crippen molar-refractivity contribution in [2.45, 2.75) is 19.4 Å². The minimum atomic E-state index is -0.247. The molecule has 0 N–H and O–H groups in total. The van der Waals surface area contributed by atoms with Gasteiger partial charge in [-0.3, -0.25) is 9.59 Å². The Balaban J connectivity index is 1.54. The highest BCUT2D eigenvalue weighted by atomic mass is 35.5. The Morgan fingerprint density at radius 3 is 2.63 bits per heavy atom. The van der Waals surface area contributed by atoms with Crippen LogP contribution in [0, 0.1) is 0 Å². The molecule has 0 saturated heterocycles. The maximum Gasteiger partial charge on any atom is 0.260 e. The van der Waals surface area contributed by atoms with Gasteiger partial charge in [-0.2, -0.15) is 0 Å². The van der Waals surface area contributed by atoms with Crippen LogP contribution in [0.3, 0.4) is 0 Å². The maximum absolute atomic E-state index is 12.7. The molecular weight excluding hydrogens is 364 g/mol. The number of carbonyl (C=O) groups excluding carboxylic acids is 2. The summed E-state index contributed by atoms with van der Waals surface area (Å²) in [5, 5.41) is 0.605. The Labute approximate surface area is 164 Å². The summed E-state index contributed by atoms with van der Waals surface area (Å²) in [5.41, 5.74) is 2.46. The number of likely N-dealkylation sites (N-methyl/N-ethyl adjacent to an activating group) is 1.